The average molecular weight is 298 g/mol. The highest BCUT2D eigenvalue weighted by molar-refractivity contribution is 8.22. The summed E-state index contributed by atoms with van der Waals surface area (Å²) in [6, 6.07) is 21.1. The molecule has 4 rings (SSSR count). The predicted molar refractivity (Wildman–Crippen MR) is 86.5 cm³/mol. The topological polar surface area (TPSA) is 9.23 Å². The Morgan fingerprint density at radius 1 is 0.700 bits per heavy atom. The van der Waals surface area contributed by atoms with Gasteiger partial charge in [0.2, 0.25) is 0 Å². The molecule has 0 saturated heterocycles. The van der Waals surface area contributed by atoms with Crippen molar-refractivity contribution in [2.45, 2.75) is 12.2 Å². The van der Waals surface area contributed by atoms with E-state index in [0.29, 0.717) is 0 Å². The van der Waals surface area contributed by atoms with Crippen LogP contribution in [0.4, 0.5) is 0 Å². The number of rotatable bonds is 2. The van der Waals surface area contributed by atoms with Crippen molar-refractivity contribution in [1.82, 2.24) is 0 Å². The van der Waals surface area contributed by atoms with Gasteiger partial charge in [0.05, 0.1) is 0 Å². The molecule has 0 N–H and O–H groups in total. The summed E-state index contributed by atoms with van der Waals surface area (Å²) in [5, 5.41) is 1.11. The minimum atomic E-state index is 0.108. The van der Waals surface area contributed by atoms with Crippen LogP contribution in [0.1, 0.15) is 23.3 Å². The maximum Gasteiger partial charge on any atom is 0.116 e. The molecule has 3 heteroatoms. The molecule has 100 valence electrons. The molecule has 0 amide bonds. The molecule has 2 aromatic carbocycles. The minimum absolute atomic E-state index is 0.108. The Bertz CT molecular complexity index is 581. The fourth-order valence-electron chi connectivity index (χ4n) is 2.68. The van der Waals surface area contributed by atoms with Crippen LogP contribution in [0.15, 0.2) is 70.5 Å². The van der Waals surface area contributed by atoms with Gasteiger partial charge in [-0.2, -0.15) is 0 Å². The molecule has 2 aliphatic heterocycles. The van der Waals surface area contributed by atoms with E-state index in [1.165, 1.54) is 20.9 Å². The van der Waals surface area contributed by atoms with Gasteiger partial charge in [0, 0.05) is 14.9 Å². The Kier molecular flexibility index (Phi) is 3.34. The molecule has 2 heterocycles. The largest absolute Gasteiger partial charge is 0.355 e. The van der Waals surface area contributed by atoms with E-state index >= 15 is 0 Å². The summed E-state index contributed by atoms with van der Waals surface area (Å²) >= 11 is 3.86. The molecule has 2 aliphatic rings. The lowest BCUT2D eigenvalue weighted by atomic mass is 10.1. The molecule has 20 heavy (non-hydrogen) atoms. The first-order valence-electron chi connectivity index (χ1n) is 6.68. The highest BCUT2D eigenvalue weighted by atomic mass is 32.2. The number of thioether (sulfide) groups is 2. The van der Waals surface area contributed by atoms with Crippen molar-refractivity contribution in [1.29, 1.82) is 0 Å². The van der Waals surface area contributed by atoms with Gasteiger partial charge in [-0.05, 0) is 11.1 Å². The first kappa shape index (κ1) is 12.6. The Morgan fingerprint density at radius 3 is 1.60 bits per heavy atom. The lowest BCUT2D eigenvalue weighted by molar-refractivity contribution is 0.0574. The molecule has 2 aromatic rings. The smallest absolute Gasteiger partial charge is 0.116 e. The summed E-state index contributed by atoms with van der Waals surface area (Å²) < 4.78 is 6.38. The highest BCUT2D eigenvalue weighted by Gasteiger charge is 2.39. The molecule has 0 saturated carbocycles. The summed E-state index contributed by atoms with van der Waals surface area (Å²) in [5.74, 6) is 0. The Morgan fingerprint density at radius 2 is 1.15 bits per heavy atom. The van der Waals surface area contributed by atoms with Crippen molar-refractivity contribution in [3.8, 4) is 0 Å². The molecule has 0 aromatic heterocycles. The number of benzene rings is 2. The molecule has 0 aliphatic carbocycles. The monoisotopic (exact) mass is 298 g/mol. The van der Waals surface area contributed by atoms with Crippen molar-refractivity contribution in [3.05, 3.63) is 81.6 Å². The summed E-state index contributed by atoms with van der Waals surface area (Å²) in [6.45, 7) is 0. The first-order valence-corrected chi connectivity index (χ1v) is 8.65. The Hall–Kier alpha value is -1.16. The van der Waals surface area contributed by atoms with Crippen LogP contribution in [0.3, 0.4) is 0 Å². The van der Waals surface area contributed by atoms with Gasteiger partial charge in [0.15, 0.2) is 0 Å². The minimum Gasteiger partial charge on any atom is -0.355 e. The van der Waals surface area contributed by atoms with E-state index in [0.717, 1.165) is 5.08 Å². The predicted octanol–water partition coefficient (Wildman–Crippen LogP) is 5.15. The third-order valence-electron chi connectivity index (χ3n) is 3.62. The fourth-order valence-corrected chi connectivity index (χ4v) is 5.47. The van der Waals surface area contributed by atoms with Crippen LogP contribution in [-0.2, 0) is 4.74 Å². The summed E-state index contributed by atoms with van der Waals surface area (Å²) in [5.41, 5.74) is 2.52. The normalized spacial score (nSPS) is 25.0. The van der Waals surface area contributed by atoms with Crippen molar-refractivity contribution >= 4 is 23.5 Å². The van der Waals surface area contributed by atoms with E-state index in [4.69, 9.17) is 4.74 Å². The van der Waals surface area contributed by atoms with Gasteiger partial charge in [-0.1, -0.05) is 60.7 Å². The third kappa shape index (κ3) is 2.10. The van der Waals surface area contributed by atoms with Crippen LogP contribution >= 0.6 is 23.5 Å². The molecule has 2 atom stereocenters. The van der Waals surface area contributed by atoms with E-state index in [-0.39, 0.29) is 12.2 Å². The summed E-state index contributed by atoms with van der Waals surface area (Å²) in [4.78, 5) is 2.82. The van der Waals surface area contributed by atoms with Crippen LogP contribution in [-0.4, -0.2) is 5.08 Å². The zero-order valence-corrected chi connectivity index (χ0v) is 12.5. The summed E-state index contributed by atoms with van der Waals surface area (Å²) in [6.07, 6.45) is 0.216. The van der Waals surface area contributed by atoms with Crippen LogP contribution in [0.5, 0.6) is 0 Å². The van der Waals surface area contributed by atoms with Gasteiger partial charge >= 0.3 is 0 Å². The number of ether oxygens (including phenoxy) is 1. The van der Waals surface area contributed by atoms with Crippen molar-refractivity contribution in [2.75, 3.05) is 5.08 Å². The zero-order valence-electron chi connectivity index (χ0n) is 10.9. The van der Waals surface area contributed by atoms with Crippen LogP contribution in [0.25, 0.3) is 0 Å². The van der Waals surface area contributed by atoms with Gasteiger partial charge in [0.25, 0.3) is 0 Å². The van der Waals surface area contributed by atoms with E-state index in [2.05, 4.69) is 60.7 Å². The summed E-state index contributed by atoms with van der Waals surface area (Å²) in [7, 11) is 0. The molecule has 0 radical (unpaired) electrons. The van der Waals surface area contributed by atoms with Gasteiger partial charge in [-0.3, -0.25) is 0 Å². The number of hydrogen-bond donors (Lipinski definition) is 0. The van der Waals surface area contributed by atoms with Crippen molar-refractivity contribution in [3.63, 3.8) is 0 Å². The molecular formula is C17H14OS2. The van der Waals surface area contributed by atoms with Crippen molar-refractivity contribution < 1.29 is 4.74 Å². The van der Waals surface area contributed by atoms with Crippen molar-refractivity contribution in [2.24, 2.45) is 0 Å². The molecule has 0 bridgehead atoms. The molecule has 1 nitrogen and oxygen atoms in total. The lowest BCUT2D eigenvalue weighted by Crippen LogP contribution is -2.04. The second kappa shape index (κ2) is 5.32. The quantitative estimate of drug-likeness (QED) is 0.759. The maximum atomic E-state index is 6.38. The van der Waals surface area contributed by atoms with E-state index in [9.17, 15) is 0 Å². The van der Waals surface area contributed by atoms with E-state index < -0.39 is 0 Å². The third-order valence-corrected chi connectivity index (χ3v) is 6.19. The molecule has 2 unspecified atom stereocenters. The van der Waals surface area contributed by atoms with Crippen LogP contribution in [0, 0.1) is 0 Å². The van der Waals surface area contributed by atoms with Crippen LogP contribution < -0.4 is 0 Å². The van der Waals surface area contributed by atoms with E-state index in [1.54, 1.807) is 0 Å². The van der Waals surface area contributed by atoms with Gasteiger partial charge in [-0.15, -0.1) is 23.5 Å². The number of hydrogen-bond acceptors (Lipinski definition) is 3. The lowest BCUT2D eigenvalue weighted by Gasteiger charge is -2.18. The molecular weight excluding hydrogens is 284 g/mol. The first-order chi connectivity index (χ1) is 9.93. The van der Waals surface area contributed by atoms with E-state index in [1.807, 2.05) is 23.5 Å². The molecule has 0 spiro atoms. The Labute approximate surface area is 127 Å². The standard InChI is InChI=1S/C17H14OS2/c1-3-7-12(8-4-1)14-16-17(20-11-19-16)15(18-14)13-9-5-2-6-10-13/h1-10,14-15H,11H2. The second-order valence-electron chi connectivity index (χ2n) is 4.85. The fraction of sp³-hybridized carbons (Fsp3) is 0.176. The maximum absolute atomic E-state index is 6.38. The average Bonchev–Trinajstić information content (AvgIpc) is 3.11. The van der Waals surface area contributed by atoms with Crippen LogP contribution in [0.2, 0.25) is 0 Å². The van der Waals surface area contributed by atoms with Gasteiger partial charge in [0.1, 0.15) is 12.2 Å². The highest BCUT2D eigenvalue weighted by Crippen LogP contribution is 2.58. The second-order valence-corrected chi connectivity index (χ2v) is 7.25. The Balaban J connectivity index is 1.73. The van der Waals surface area contributed by atoms with Gasteiger partial charge in [-0.25, -0.2) is 0 Å². The molecule has 0 fully saturated rings. The SMILES string of the molecule is c1ccc(C2OC(c3ccccc3)C3=C2SCS3)cc1. The van der Waals surface area contributed by atoms with Gasteiger partial charge < -0.3 is 4.74 Å². The zero-order chi connectivity index (χ0) is 13.4.